The van der Waals surface area contributed by atoms with Crippen molar-refractivity contribution in [3.63, 3.8) is 0 Å². The van der Waals surface area contributed by atoms with Gasteiger partial charge in [0.1, 0.15) is 6.33 Å². The lowest BCUT2D eigenvalue weighted by Gasteiger charge is -2.24. The maximum absolute atomic E-state index is 4.41. The van der Waals surface area contributed by atoms with Crippen LogP contribution in [0, 0.1) is 0 Å². The van der Waals surface area contributed by atoms with Gasteiger partial charge in [-0.15, -0.1) is 0 Å². The Morgan fingerprint density at radius 1 is 1.04 bits per heavy atom. The normalized spacial score (nSPS) is 16.4. The van der Waals surface area contributed by atoms with Gasteiger partial charge in [0.25, 0.3) is 0 Å². The zero-order valence-electron chi connectivity index (χ0n) is 13.8. The Morgan fingerprint density at radius 2 is 1.83 bits per heavy atom. The second-order valence-electron chi connectivity index (χ2n) is 6.25. The molecule has 0 saturated carbocycles. The van der Waals surface area contributed by atoms with Crippen molar-refractivity contribution in [1.29, 1.82) is 0 Å². The molecule has 0 unspecified atom stereocenters. The summed E-state index contributed by atoms with van der Waals surface area (Å²) in [7, 11) is 0. The Bertz CT molecular complexity index is 789. The van der Waals surface area contributed by atoms with E-state index in [1.54, 1.807) is 17.2 Å². The quantitative estimate of drug-likeness (QED) is 0.738. The largest absolute Gasteiger partial charge is 0.297 e. The first-order chi connectivity index (χ1) is 11.8. The summed E-state index contributed by atoms with van der Waals surface area (Å²) in [6, 6.07) is 13.1. The van der Waals surface area contributed by atoms with E-state index in [1.807, 2.05) is 18.3 Å². The van der Waals surface area contributed by atoms with Gasteiger partial charge in [0.2, 0.25) is 0 Å². The van der Waals surface area contributed by atoms with Crippen molar-refractivity contribution in [3.05, 3.63) is 60.7 Å². The molecule has 24 heavy (non-hydrogen) atoms. The summed E-state index contributed by atoms with van der Waals surface area (Å²) in [4.78, 5) is 11.2. The summed E-state index contributed by atoms with van der Waals surface area (Å²) in [5.41, 5.74) is 3.38. The number of hydrogen-bond donors (Lipinski definition) is 0. The van der Waals surface area contributed by atoms with Crippen molar-refractivity contribution in [2.45, 2.75) is 25.8 Å². The lowest BCUT2D eigenvalue weighted by atomic mass is 10.0. The maximum Gasteiger partial charge on any atom is 0.157 e. The van der Waals surface area contributed by atoms with Crippen LogP contribution < -0.4 is 0 Å². The molecular formula is C19H21N5. The van der Waals surface area contributed by atoms with Crippen molar-refractivity contribution >= 4 is 0 Å². The molecule has 1 aromatic carbocycles. The van der Waals surface area contributed by atoms with Crippen LogP contribution in [0.2, 0.25) is 0 Å². The third-order valence-corrected chi connectivity index (χ3v) is 4.77. The molecule has 5 heteroatoms. The average molecular weight is 319 g/mol. The lowest BCUT2D eigenvalue weighted by Crippen LogP contribution is -2.23. The van der Waals surface area contributed by atoms with E-state index in [-0.39, 0.29) is 0 Å². The van der Waals surface area contributed by atoms with Crippen LogP contribution >= 0.6 is 0 Å². The molecule has 2 aromatic heterocycles. The van der Waals surface area contributed by atoms with Crippen LogP contribution in [0.5, 0.6) is 0 Å². The molecule has 1 fully saturated rings. The van der Waals surface area contributed by atoms with E-state index in [0.717, 1.165) is 17.1 Å². The highest BCUT2D eigenvalue weighted by molar-refractivity contribution is 5.60. The molecule has 5 nitrogen and oxygen atoms in total. The molecule has 0 radical (unpaired) electrons. The van der Waals surface area contributed by atoms with E-state index < -0.39 is 0 Å². The lowest BCUT2D eigenvalue weighted by molar-refractivity contribution is 0.263. The number of aromatic nitrogens is 4. The van der Waals surface area contributed by atoms with Gasteiger partial charge in [0, 0.05) is 30.1 Å². The highest BCUT2D eigenvalue weighted by Gasteiger charge is 2.19. The van der Waals surface area contributed by atoms with Gasteiger partial charge in [-0.1, -0.05) is 24.3 Å². The van der Waals surface area contributed by atoms with E-state index >= 15 is 0 Å². The molecule has 1 aliphatic heterocycles. The van der Waals surface area contributed by atoms with E-state index in [0.29, 0.717) is 6.04 Å². The summed E-state index contributed by atoms with van der Waals surface area (Å²) in [6.07, 6.45) is 7.86. The summed E-state index contributed by atoms with van der Waals surface area (Å²) in [6.45, 7) is 4.71. The molecule has 0 amide bonds. The standard InChI is InChI=1S/C19H21N5/c1-15(23-10-2-3-11-23)16-5-7-17(8-6-16)18-13-19(21-14-20-18)24-12-4-9-22-24/h4-9,12-15H,2-3,10-11H2,1H3/t15-/m0/s1. The highest BCUT2D eigenvalue weighted by atomic mass is 15.3. The molecule has 0 bridgehead atoms. The van der Waals surface area contributed by atoms with Crippen molar-refractivity contribution in [2.24, 2.45) is 0 Å². The number of hydrogen-bond acceptors (Lipinski definition) is 4. The van der Waals surface area contributed by atoms with Gasteiger partial charge < -0.3 is 0 Å². The molecule has 1 aliphatic rings. The average Bonchev–Trinajstić information content (AvgIpc) is 3.35. The number of likely N-dealkylation sites (tertiary alicyclic amines) is 1. The van der Waals surface area contributed by atoms with Crippen molar-refractivity contribution in [1.82, 2.24) is 24.6 Å². The molecular weight excluding hydrogens is 298 g/mol. The van der Waals surface area contributed by atoms with Gasteiger partial charge in [0.15, 0.2) is 5.82 Å². The predicted molar refractivity (Wildman–Crippen MR) is 93.8 cm³/mol. The SMILES string of the molecule is C[C@@H](c1ccc(-c2cc(-n3cccn3)ncn2)cc1)N1CCCC1. The fourth-order valence-electron chi connectivity index (χ4n) is 3.31. The molecule has 3 heterocycles. The van der Waals surface area contributed by atoms with E-state index in [1.165, 1.54) is 31.5 Å². The fourth-order valence-corrected chi connectivity index (χ4v) is 3.31. The fraction of sp³-hybridized carbons (Fsp3) is 0.316. The molecule has 0 N–H and O–H groups in total. The van der Waals surface area contributed by atoms with Crippen LogP contribution in [0.3, 0.4) is 0 Å². The molecule has 1 saturated heterocycles. The molecule has 4 rings (SSSR count). The minimum absolute atomic E-state index is 0.478. The smallest absolute Gasteiger partial charge is 0.157 e. The third kappa shape index (κ3) is 2.95. The van der Waals surface area contributed by atoms with Crippen LogP contribution in [0.15, 0.2) is 55.1 Å². The monoisotopic (exact) mass is 319 g/mol. The summed E-state index contributed by atoms with van der Waals surface area (Å²) in [5, 5.41) is 4.22. The predicted octanol–water partition coefficient (Wildman–Crippen LogP) is 3.49. The Hall–Kier alpha value is -2.53. The van der Waals surface area contributed by atoms with Gasteiger partial charge in [-0.25, -0.2) is 14.6 Å². The first-order valence-corrected chi connectivity index (χ1v) is 8.48. The molecule has 122 valence electrons. The van der Waals surface area contributed by atoms with Crippen LogP contribution in [0.1, 0.15) is 31.4 Å². The minimum atomic E-state index is 0.478. The van der Waals surface area contributed by atoms with E-state index in [4.69, 9.17) is 0 Å². The Morgan fingerprint density at radius 3 is 2.54 bits per heavy atom. The van der Waals surface area contributed by atoms with Crippen molar-refractivity contribution in [2.75, 3.05) is 13.1 Å². The van der Waals surface area contributed by atoms with Crippen molar-refractivity contribution < 1.29 is 0 Å². The van der Waals surface area contributed by atoms with Gasteiger partial charge in [0.05, 0.1) is 5.69 Å². The second-order valence-corrected chi connectivity index (χ2v) is 6.25. The van der Waals surface area contributed by atoms with Crippen LogP contribution in [-0.4, -0.2) is 37.7 Å². The molecule has 3 aromatic rings. The number of rotatable bonds is 4. The van der Waals surface area contributed by atoms with E-state index in [2.05, 4.69) is 51.2 Å². The van der Waals surface area contributed by atoms with Gasteiger partial charge in [-0.05, 0) is 44.5 Å². The number of benzene rings is 1. The topological polar surface area (TPSA) is 46.8 Å². The van der Waals surface area contributed by atoms with Crippen LogP contribution in [0.25, 0.3) is 17.1 Å². The van der Waals surface area contributed by atoms with Crippen LogP contribution in [0.4, 0.5) is 0 Å². The molecule has 0 aliphatic carbocycles. The molecule has 1 atom stereocenters. The first-order valence-electron chi connectivity index (χ1n) is 8.48. The summed E-state index contributed by atoms with van der Waals surface area (Å²) in [5.74, 6) is 0.777. The maximum atomic E-state index is 4.41. The number of nitrogens with zero attached hydrogens (tertiary/aromatic N) is 5. The highest BCUT2D eigenvalue weighted by Crippen LogP contribution is 2.26. The first kappa shape index (κ1) is 15.0. The summed E-state index contributed by atoms with van der Waals surface area (Å²) >= 11 is 0. The Kier molecular flexibility index (Phi) is 4.09. The Labute approximate surface area is 142 Å². The van der Waals surface area contributed by atoms with Gasteiger partial charge in [-0.2, -0.15) is 5.10 Å². The van der Waals surface area contributed by atoms with E-state index in [9.17, 15) is 0 Å². The summed E-state index contributed by atoms with van der Waals surface area (Å²) < 4.78 is 1.75. The molecule has 0 spiro atoms. The Balaban J connectivity index is 1.57. The third-order valence-electron chi connectivity index (χ3n) is 4.77. The van der Waals surface area contributed by atoms with Crippen molar-refractivity contribution in [3.8, 4) is 17.1 Å². The second kappa shape index (κ2) is 6.53. The zero-order chi connectivity index (χ0) is 16.4. The van der Waals surface area contributed by atoms with Gasteiger partial charge >= 0.3 is 0 Å². The minimum Gasteiger partial charge on any atom is -0.297 e. The van der Waals surface area contributed by atoms with Gasteiger partial charge in [-0.3, -0.25) is 4.90 Å². The zero-order valence-corrected chi connectivity index (χ0v) is 13.8. The van der Waals surface area contributed by atoms with Crippen LogP contribution in [-0.2, 0) is 0 Å².